The van der Waals surface area contributed by atoms with Crippen molar-refractivity contribution in [3.63, 3.8) is 0 Å². The number of hydrogen-bond acceptors (Lipinski definition) is 6. The summed E-state index contributed by atoms with van der Waals surface area (Å²) < 4.78 is 5.05. The van der Waals surface area contributed by atoms with Crippen LogP contribution in [0, 0.1) is 12.8 Å². The second-order valence-electron chi connectivity index (χ2n) is 5.73. The first kappa shape index (κ1) is 16.0. The van der Waals surface area contributed by atoms with E-state index in [1.54, 1.807) is 18.3 Å². The Kier molecular flexibility index (Phi) is 4.97. The number of aryl methyl sites for hydroxylation is 1. The van der Waals surface area contributed by atoms with Gasteiger partial charge in [0, 0.05) is 30.6 Å². The van der Waals surface area contributed by atoms with Gasteiger partial charge in [-0.3, -0.25) is 4.79 Å². The van der Waals surface area contributed by atoms with Crippen LogP contribution in [0.1, 0.15) is 34.7 Å². The number of carbonyl (C=O) groups excluding carboxylic acids is 1. The summed E-state index contributed by atoms with van der Waals surface area (Å²) in [4.78, 5) is 16.9. The van der Waals surface area contributed by atoms with E-state index in [9.17, 15) is 4.79 Å². The van der Waals surface area contributed by atoms with Crippen LogP contribution in [-0.2, 0) is 5.75 Å². The van der Waals surface area contributed by atoms with Crippen LogP contribution in [0.3, 0.4) is 0 Å². The number of nitrogens with one attached hydrogen (secondary N) is 1. The van der Waals surface area contributed by atoms with E-state index in [1.807, 2.05) is 13.0 Å². The lowest BCUT2D eigenvalue weighted by Gasteiger charge is -2.16. The summed E-state index contributed by atoms with van der Waals surface area (Å²) >= 11 is 1.47. The maximum absolute atomic E-state index is 12.5. The lowest BCUT2D eigenvalue weighted by atomic mass is 10.1. The third-order valence-corrected chi connectivity index (χ3v) is 4.85. The summed E-state index contributed by atoms with van der Waals surface area (Å²) in [5.41, 5.74) is 7.18. The number of nitrogens with zero attached hydrogens (tertiary/aromatic N) is 2. The van der Waals surface area contributed by atoms with Crippen molar-refractivity contribution < 1.29 is 9.32 Å². The van der Waals surface area contributed by atoms with Crippen molar-refractivity contribution >= 4 is 17.7 Å². The van der Waals surface area contributed by atoms with Crippen molar-refractivity contribution in [2.75, 3.05) is 6.54 Å². The molecule has 7 heteroatoms. The van der Waals surface area contributed by atoms with Crippen LogP contribution in [0.2, 0.25) is 0 Å². The lowest BCUT2D eigenvalue weighted by Crippen LogP contribution is -2.41. The highest BCUT2D eigenvalue weighted by Crippen LogP contribution is 2.32. The van der Waals surface area contributed by atoms with Crippen LogP contribution < -0.4 is 11.1 Å². The Morgan fingerprint density at radius 3 is 3.04 bits per heavy atom. The fourth-order valence-corrected chi connectivity index (χ4v) is 3.29. The van der Waals surface area contributed by atoms with Gasteiger partial charge < -0.3 is 15.6 Å². The molecule has 2 aromatic heterocycles. The Balaban J connectivity index is 1.67. The molecule has 2 heterocycles. The Hall–Kier alpha value is -1.86. The van der Waals surface area contributed by atoms with Gasteiger partial charge in [0.05, 0.1) is 11.3 Å². The molecule has 1 atom stereocenters. The highest BCUT2D eigenvalue weighted by Gasteiger charge is 2.31. The Morgan fingerprint density at radius 1 is 1.57 bits per heavy atom. The molecule has 1 unspecified atom stereocenters. The Labute approximate surface area is 139 Å². The lowest BCUT2D eigenvalue weighted by molar-refractivity contribution is 0.0930. The summed E-state index contributed by atoms with van der Waals surface area (Å²) in [5, 5.41) is 7.69. The molecular formula is C16H20N4O2S. The number of hydrogen-bond donors (Lipinski definition) is 2. The highest BCUT2D eigenvalue weighted by molar-refractivity contribution is 7.98. The Morgan fingerprint density at radius 2 is 2.39 bits per heavy atom. The molecule has 0 bridgehead atoms. The fraction of sp³-hybridized carbons (Fsp3) is 0.438. The molecule has 6 nitrogen and oxygen atoms in total. The average Bonchev–Trinajstić information content (AvgIpc) is 3.32. The number of rotatable bonds is 7. The number of amides is 1. The molecule has 3 N–H and O–H groups in total. The van der Waals surface area contributed by atoms with E-state index >= 15 is 0 Å². The Bertz CT molecular complexity index is 684. The van der Waals surface area contributed by atoms with Crippen molar-refractivity contribution in [1.82, 2.24) is 15.5 Å². The summed E-state index contributed by atoms with van der Waals surface area (Å²) in [6.07, 6.45) is 3.97. The highest BCUT2D eigenvalue weighted by atomic mass is 32.2. The van der Waals surface area contributed by atoms with Crippen LogP contribution in [0.5, 0.6) is 0 Å². The number of aromatic nitrogens is 2. The summed E-state index contributed by atoms with van der Waals surface area (Å²) in [7, 11) is 0. The van der Waals surface area contributed by atoms with Crippen LogP contribution in [-0.4, -0.2) is 28.6 Å². The van der Waals surface area contributed by atoms with Gasteiger partial charge in [-0.15, -0.1) is 0 Å². The number of carbonyl (C=O) groups is 1. The largest absolute Gasteiger partial charge is 0.361 e. The number of thioether (sulfide) groups is 1. The zero-order chi connectivity index (χ0) is 16.2. The molecule has 122 valence electrons. The minimum atomic E-state index is -0.112. The van der Waals surface area contributed by atoms with Gasteiger partial charge >= 0.3 is 0 Å². The van der Waals surface area contributed by atoms with Crippen LogP contribution >= 0.6 is 11.8 Å². The molecule has 23 heavy (non-hydrogen) atoms. The minimum absolute atomic E-state index is 0.0544. The molecule has 2 aromatic rings. The van der Waals surface area contributed by atoms with Crippen LogP contribution in [0.4, 0.5) is 0 Å². The molecule has 1 fully saturated rings. The maximum atomic E-state index is 12.5. The number of pyridine rings is 1. The summed E-state index contributed by atoms with van der Waals surface area (Å²) in [6, 6.07) is 5.50. The molecule has 1 saturated carbocycles. The normalized spacial score (nSPS) is 15.4. The monoisotopic (exact) mass is 332 g/mol. The topological polar surface area (TPSA) is 94.0 Å². The third kappa shape index (κ3) is 4.11. The van der Waals surface area contributed by atoms with Gasteiger partial charge in [0.15, 0.2) is 0 Å². The standard InChI is InChI=1S/C16H20N4O2S/c1-10-7-12(20-22-10)9-23-16-13(3-2-6-18-16)15(21)19-14(8-17)11-4-5-11/h2-3,6-7,11,14H,4-5,8-9,17H2,1H3,(H,19,21). The van der Waals surface area contributed by atoms with Crippen molar-refractivity contribution in [2.45, 2.75) is 36.6 Å². The van der Waals surface area contributed by atoms with Crippen LogP contribution in [0.15, 0.2) is 33.9 Å². The van der Waals surface area contributed by atoms with E-state index in [2.05, 4.69) is 15.5 Å². The van der Waals surface area contributed by atoms with E-state index in [0.29, 0.717) is 28.8 Å². The molecule has 0 radical (unpaired) electrons. The van der Waals surface area contributed by atoms with E-state index in [4.69, 9.17) is 10.3 Å². The van der Waals surface area contributed by atoms with Gasteiger partial charge in [-0.1, -0.05) is 16.9 Å². The van der Waals surface area contributed by atoms with Gasteiger partial charge in [0.2, 0.25) is 0 Å². The number of nitrogens with two attached hydrogens (primary N) is 1. The zero-order valence-electron chi connectivity index (χ0n) is 13.0. The molecule has 0 aliphatic heterocycles. The average molecular weight is 332 g/mol. The third-order valence-electron chi connectivity index (χ3n) is 3.81. The van der Waals surface area contributed by atoms with Gasteiger partial charge in [0.1, 0.15) is 10.8 Å². The van der Waals surface area contributed by atoms with Gasteiger partial charge in [-0.2, -0.15) is 0 Å². The first-order valence-corrected chi connectivity index (χ1v) is 8.67. The predicted octanol–water partition coefficient (Wildman–Crippen LogP) is 2.14. The van der Waals surface area contributed by atoms with Crippen molar-refractivity contribution in [1.29, 1.82) is 0 Å². The van der Waals surface area contributed by atoms with E-state index in [1.165, 1.54) is 11.8 Å². The van der Waals surface area contributed by atoms with Crippen molar-refractivity contribution in [2.24, 2.45) is 11.7 Å². The second kappa shape index (κ2) is 7.14. The van der Waals surface area contributed by atoms with E-state index in [0.717, 1.165) is 24.3 Å². The van der Waals surface area contributed by atoms with Crippen LogP contribution in [0.25, 0.3) is 0 Å². The van der Waals surface area contributed by atoms with Crippen molar-refractivity contribution in [3.8, 4) is 0 Å². The van der Waals surface area contributed by atoms with Gasteiger partial charge in [-0.05, 0) is 37.8 Å². The quantitative estimate of drug-likeness (QED) is 0.755. The van der Waals surface area contributed by atoms with E-state index in [-0.39, 0.29) is 11.9 Å². The smallest absolute Gasteiger partial charge is 0.254 e. The zero-order valence-corrected chi connectivity index (χ0v) is 13.8. The molecular weight excluding hydrogens is 312 g/mol. The molecule has 0 aromatic carbocycles. The molecule has 0 saturated heterocycles. The molecule has 3 rings (SSSR count). The summed E-state index contributed by atoms with van der Waals surface area (Å²) in [5.74, 6) is 1.79. The maximum Gasteiger partial charge on any atom is 0.254 e. The van der Waals surface area contributed by atoms with E-state index < -0.39 is 0 Å². The van der Waals surface area contributed by atoms with Gasteiger partial charge in [-0.25, -0.2) is 4.98 Å². The first-order valence-electron chi connectivity index (χ1n) is 7.68. The van der Waals surface area contributed by atoms with Gasteiger partial charge in [0.25, 0.3) is 5.91 Å². The fourth-order valence-electron chi connectivity index (χ4n) is 2.42. The van der Waals surface area contributed by atoms with Crippen molar-refractivity contribution in [3.05, 3.63) is 41.4 Å². The first-order chi connectivity index (χ1) is 11.2. The predicted molar refractivity (Wildman–Crippen MR) is 88.1 cm³/mol. The SMILES string of the molecule is Cc1cc(CSc2ncccc2C(=O)NC(CN)C2CC2)no1. The second-order valence-corrected chi connectivity index (χ2v) is 6.69. The summed E-state index contributed by atoms with van der Waals surface area (Å²) in [6.45, 7) is 2.32. The molecule has 0 spiro atoms. The molecule has 1 aliphatic rings. The minimum Gasteiger partial charge on any atom is -0.361 e. The molecule has 1 amide bonds. The molecule has 1 aliphatic carbocycles.